The zero-order valence-corrected chi connectivity index (χ0v) is 6.22. The molecule has 0 fully saturated rings. The van der Waals surface area contributed by atoms with Crippen LogP contribution in [0.4, 0.5) is 0 Å². The molecule has 0 atom stereocenters. The molecular formula is C6H13NO3. The lowest BCUT2D eigenvalue weighted by Crippen LogP contribution is -2.37. The molecular weight excluding hydrogens is 134 g/mol. The van der Waals surface area contributed by atoms with Crippen LogP contribution in [0, 0.1) is 0 Å². The van der Waals surface area contributed by atoms with Gasteiger partial charge in [-0.2, -0.15) is 0 Å². The van der Waals surface area contributed by atoms with Gasteiger partial charge in [0.15, 0.2) is 0 Å². The molecule has 0 aromatic rings. The molecule has 0 saturated carbocycles. The van der Waals surface area contributed by atoms with Gasteiger partial charge in [-0.15, -0.1) is 0 Å². The van der Waals surface area contributed by atoms with Crippen molar-refractivity contribution < 1.29 is 15.0 Å². The monoisotopic (exact) mass is 147 g/mol. The molecule has 10 heavy (non-hydrogen) atoms. The second-order valence-corrected chi connectivity index (χ2v) is 2.81. The molecule has 0 aliphatic carbocycles. The number of nitrogens with one attached hydrogen (secondary N) is 1. The van der Waals surface area contributed by atoms with Crippen molar-refractivity contribution in [1.82, 2.24) is 5.32 Å². The quantitative estimate of drug-likeness (QED) is 0.498. The SMILES string of the molecule is CC(C)(O)CNCC(=O)O. The minimum Gasteiger partial charge on any atom is -0.480 e. The first-order valence-electron chi connectivity index (χ1n) is 3.07. The summed E-state index contributed by atoms with van der Waals surface area (Å²) in [5, 5.41) is 19.8. The first-order valence-corrected chi connectivity index (χ1v) is 3.07. The lowest BCUT2D eigenvalue weighted by Gasteiger charge is -2.16. The van der Waals surface area contributed by atoms with Gasteiger partial charge in [0.1, 0.15) is 0 Å². The average molecular weight is 147 g/mol. The van der Waals surface area contributed by atoms with Gasteiger partial charge in [0.2, 0.25) is 0 Å². The van der Waals surface area contributed by atoms with Crippen LogP contribution < -0.4 is 5.32 Å². The van der Waals surface area contributed by atoms with Crippen LogP contribution in [-0.2, 0) is 4.79 Å². The number of hydrogen-bond donors (Lipinski definition) is 3. The highest BCUT2D eigenvalue weighted by Gasteiger charge is 2.11. The van der Waals surface area contributed by atoms with E-state index in [1.165, 1.54) is 0 Å². The van der Waals surface area contributed by atoms with Gasteiger partial charge in [-0.25, -0.2) is 0 Å². The molecule has 0 radical (unpaired) electrons. The topological polar surface area (TPSA) is 69.6 Å². The number of carboxylic acids is 1. The van der Waals surface area contributed by atoms with E-state index in [1.807, 2.05) is 0 Å². The third-order valence-electron chi connectivity index (χ3n) is 0.834. The van der Waals surface area contributed by atoms with Crippen LogP contribution >= 0.6 is 0 Å². The van der Waals surface area contributed by atoms with Gasteiger partial charge in [-0.1, -0.05) is 0 Å². The zero-order chi connectivity index (χ0) is 8.20. The van der Waals surface area contributed by atoms with Crippen LogP contribution in [-0.4, -0.2) is 34.9 Å². The van der Waals surface area contributed by atoms with Crippen molar-refractivity contribution in [2.24, 2.45) is 0 Å². The van der Waals surface area contributed by atoms with Gasteiger partial charge in [-0.05, 0) is 13.8 Å². The molecule has 0 saturated heterocycles. The molecule has 4 heteroatoms. The van der Waals surface area contributed by atoms with E-state index in [9.17, 15) is 4.79 Å². The van der Waals surface area contributed by atoms with E-state index < -0.39 is 11.6 Å². The summed E-state index contributed by atoms with van der Waals surface area (Å²) in [6.07, 6.45) is 0. The molecule has 3 N–H and O–H groups in total. The molecule has 0 aromatic heterocycles. The first kappa shape index (κ1) is 9.39. The van der Waals surface area contributed by atoms with Crippen molar-refractivity contribution in [3.63, 3.8) is 0 Å². The predicted molar refractivity (Wildman–Crippen MR) is 36.8 cm³/mol. The predicted octanol–water partition coefficient (Wildman–Crippen LogP) is -0.569. The van der Waals surface area contributed by atoms with E-state index in [1.54, 1.807) is 13.8 Å². The van der Waals surface area contributed by atoms with Crippen molar-refractivity contribution >= 4 is 5.97 Å². The second-order valence-electron chi connectivity index (χ2n) is 2.81. The highest BCUT2D eigenvalue weighted by Crippen LogP contribution is 1.96. The molecule has 0 unspecified atom stereocenters. The Labute approximate surface area is 59.9 Å². The molecule has 0 amide bonds. The van der Waals surface area contributed by atoms with Crippen molar-refractivity contribution in [2.75, 3.05) is 13.1 Å². The fraction of sp³-hybridized carbons (Fsp3) is 0.833. The standard InChI is InChI=1S/C6H13NO3/c1-6(2,10)4-7-3-5(8)9/h7,10H,3-4H2,1-2H3,(H,8,9). The maximum atomic E-state index is 9.94. The summed E-state index contributed by atoms with van der Waals surface area (Å²) < 4.78 is 0. The maximum Gasteiger partial charge on any atom is 0.317 e. The van der Waals surface area contributed by atoms with Gasteiger partial charge in [0, 0.05) is 6.54 Å². The Hall–Kier alpha value is -0.610. The Morgan fingerprint density at radius 2 is 2.10 bits per heavy atom. The second kappa shape index (κ2) is 3.53. The van der Waals surface area contributed by atoms with Gasteiger partial charge < -0.3 is 15.5 Å². The summed E-state index contributed by atoms with van der Waals surface area (Å²) in [6, 6.07) is 0. The summed E-state index contributed by atoms with van der Waals surface area (Å²) in [7, 11) is 0. The number of carboxylic acid groups (broad SMARTS) is 1. The summed E-state index contributed by atoms with van der Waals surface area (Å²) in [5.74, 6) is -0.913. The van der Waals surface area contributed by atoms with Crippen molar-refractivity contribution in [3.8, 4) is 0 Å². The molecule has 0 bridgehead atoms. The Bertz CT molecular complexity index is 117. The Balaban J connectivity index is 3.29. The first-order chi connectivity index (χ1) is 4.42. The number of aliphatic carboxylic acids is 1. The number of aliphatic hydroxyl groups is 1. The molecule has 0 aliphatic rings. The third kappa shape index (κ3) is 7.39. The van der Waals surface area contributed by atoms with E-state index in [0.717, 1.165) is 0 Å². The fourth-order valence-corrected chi connectivity index (χ4v) is 0.475. The molecule has 4 nitrogen and oxygen atoms in total. The summed E-state index contributed by atoms with van der Waals surface area (Å²) >= 11 is 0. The summed E-state index contributed by atoms with van der Waals surface area (Å²) in [4.78, 5) is 9.94. The van der Waals surface area contributed by atoms with E-state index in [-0.39, 0.29) is 6.54 Å². The Morgan fingerprint density at radius 3 is 2.40 bits per heavy atom. The highest BCUT2D eigenvalue weighted by molar-refractivity contribution is 5.68. The van der Waals surface area contributed by atoms with E-state index in [0.29, 0.717) is 6.54 Å². The van der Waals surface area contributed by atoms with Crippen LogP contribution in [0.3, 0.4) is 0 Å². The molecule has 0 heterocycles. The van der Waals surface area contributed by atoms with Gasteiger partial charge in [-0.3, -0.25) is 4.79 Å². The van der Waals surface area contributed by atoms with Crippen molar-refractivity contribution in [1.29, 1.82) is 0 Å². The molecule has 0 aliphatic heterocycles. The van der Waals surface area contributed by atoms with Crippen molar-refractivity contribution in [3.05, 3.63) is 0 Å². The maximum absolute atomic E-state index is 9.94. The van der Waals surface area contributed by atoms with Crippen LogP contribution in [0.25, 0.3) is 0 Å². The Kier molecular flexibility index (Phi) is 3.32. The summed E-state index contributed by atoms with van der Waals surface area (Å²) in [6.45, 7) is 3.41. The fourth-order valence-electron chi connectivity index (χ4n) is 0.475. The number of hydrogen-bond acceptors (Lipinski definition) is 3. The van der Waals surface area contributed by atoms with Crippen LogP contribution in [0.15, 0.2) is 0 Å². The number of carbonyl (C=O) groups is 1. The van der Waals surface area contributed by atoms with Crippen LogP contribution in [0.1, 0.15) is 13.8 Å². The third-order valence-corrected chi connectivity index (χ3v) is 0.834. The Morgan fingerprint density at radius 1 is 1.60 bits per heavy atom. The largest absolute Gasteiger partial charge is 0.480 e. The van der Waals surface area contributed by atoms with Crippen LogP contribution in [0.2, 0.25) is 0 Å². The molecule has 60 valence electrons. The lowest BCUT2D eigenvalue weighted by molar-refractivity contribution is -0.136. The lowest BCUT2D eigenvalue weighted by atomic mass is 10.1. The zero-order valence-electron chi connectivity index (χ0n) is 6.22. The molecule has 0 aromatic carbocycles. The van der Waals surface area contributed by atoms with Gasteiger partial charge in [0.25, 0.3) is 0 Å². The molecule has 0 rings (SSSR count). The highest BCUT2D eigenvalue weighted by atomic mass is 16.4. The van der Waals surface area contributed by atoms with E-state index in [2.05, 4.69) is 5.32 Å². The average Bonchev–Trinajstić information content (AvgIpc) is 1.59. The summed E-state index contributed by atoms with van der Waals surface area (Å²) in [5.41, 5.74) is -0.838. The normalized spacial score (nSPS) is 11.5. The van der Waals surface area contributed by atoms with E-state index in [4.69, 9.17) is 10.2 Å². The minimum atomic E-state index is -0.913. The number of rotatable bonds is 4. The minimum absolute atomic E-state index is 0.107. The van der Waals surface area contributed by atoms with Crippen molar-refractivity contribution in [2.45, 2.75) is 19.4 Å². The van der Waals surface area contributed by atoms with E-state index >= 15 is 0 Å². The van der Waals surface area contributed by atoms with Gasteiger partial charge >= 0.3 is 5.97 Å². The van der Waals surface area contributed by atoms with Crippen LogP contribution in [0.5, 0.6) is 0 Å². The smallest absolute Gasteiger partial charge is 0.317 e. The van der Waals surface area contributed by atoms with Gasteiger partial charge in [0.05, 0.1) is 12.1 Å². The molecule has 0 spiro atoms.